The topological polar surface area (TPSA) is 101 Å². The molecule has 13 heteroatoms. The van der Waals surface area contributed by atoms with Crippen LogP contribution in [0.1, 0.15) is 10.4 Å². The molecule has 192 valence electrons. The first kappa shape index (κ1) is 26.8. The van der Waals surface area contributed by atoms with E-state index in [2.05, 4.69) is 0 Å². The van der Waals surface area contributed by atoms with E-state index in [9.17, 15) is 34.8 Å². The zero-order valence-electron chi connectivity index (χ0n) is 19.1. The lowest BCUT2D eigenvalue weighted by Gasteiger charge is -2.36. The fraction of sp³-hybridized carbons (Fsp3) is 0.409. The van der Waals surface area contributed by atoms with Gasteiger partial charge in [0.25, 0.3) is 5.91 Å². The van der Waals surface area contributed by atoms with Crippen molar-refractivity contribution >= 4 is 31.3 Å². The molecule has 0 aromatic heterocycles. The first-order valence-corrected chi connectivity index (χ1v) is 14.3. The second kappa shape index (κ2) is 10.4. The summed E-state index contributed by atoms with van der Waals surface area (Å²) < 4.78 is 93.1. The van der Waals surface area contributed by atoms with Gasteiger partial charge in [-0.15, -0.1) is 0 Å². The van der Waals surface area contributed by atoms with Crippen LogP contribution in [0.3, 0.4) is 0 Å². The zero-order chi connectivity index (χ0) is 26.0. The molecule has 2 aromatic carbocycles. The summed E-state index contributed by atoms with van der Waals surface area (Å²) in [4.78, 5) is 16.0. The predicted octanol–water partition coefficient (Wildman–Crippen LogP) is 2.28. The monoisotopic (exact) mass is 534 g/mol. The Balaban J connectivity index is 1.82. The number of hydrogen-bond acceptors (Lipinski definition) is 7. The molecule has 0 aliphatic carbocycles. The maximum atomic E-state index is 14.6. The molecule has 0 unspecified atom stereocenters. The molecule has 1 aliphatic rings. The van der Waals surface area contributed by atoms with Crippen molar-refractivity contribution in [3.05, 3.63) is 47.8 Å². The van der Waals surface area contributed by atoms with Crippen molar-refractivity contribution in [3.63, 3.8) is 0 Å². The van der Waals surface area contributed by atoms with Gasteiger partial charge in [0.05, 0.1) is 21.0 Å². The minimum absolute atomic E-state index is 0.129. The highest BCUT2D eigenvalue weighted by Gasteiger charge is 2.28. The van der Waals surface area contributed by atoms with Crippen LogP contribution >= 0.6 is 0 Å². The van der Waals surface area contributed by atoms with Gasteiger partial charge in [-0.2, -0.15) is 0 Å². The van der Waals surface area contributed by atoms with Gasteiger partial charge in [0.1, 0.15) is 24.9 Å². The molecule has 0 bridgehead atoms. The molecule has 2 aromatic rings. The third kappa shape index (κ3) is 6.26. The highest BCUT2D eigenvalue weighted by Crippen LogP contribution is 2.28. The van der Waals surface area contributed by atoms with Gasteiger partial charge >= 0.3 is 0 Å². The lowest BCUT2D eigenvalue weighted by atomic mass is 10.1. The van der Waals surface area contributed by atoms with Crippen LogP contribution in [0.25, 0.3) is 0 Å². The third-order valence-corrected chi connectivity index (χ3v) is 7.72. The standard InChI is InChI=1S/C22H25F3N2O6S2/c1-34(29,30)16-4-6-21(33-15(13-23)14-24)18(11-16)22(28)27-9-7-26(8-10-27)20-5-3-17(12-19(20)25)35(2,31)32/h3-6,11-12,15H,7-10,13-14H2,1-2H3. The highest BCUT2D eigenvalue weighted by molar-refractivity contribution is 7.91. The van der Waals surface area contributed by atoms with Crippen LogP contribution < -0.4 is 9.64 Å². The summed E-state index contributed by atoms with van der Waals surface area (Å²) in [5, 5.41) is 0. The molecular formula is C22H25F3N2O6S2. The van der Waals surface area contributed by atoms with Gasteiger partial charge in [-0.05, 0) is 36.4 Å². The molecule has 0 radical (unpaired) electrons. The average Bonchev–Trinajstić information content (AvgIpc) is 2.81. The van der Waals surface area contributed by atoms with E-state index < -0.39 is 50.9 Å². The number of carbonyl (C=O) groups excluding carboxylic acids is 1. The third-order valence-electron chi connectivity index (χ3n) is 5.50. The van der Waals surface area contributed by atoms with Gasteiger partial charge in [-0.3, -0.25) is 4.79 Å². The van der Waals surface area contributed by atoms with Gasteiger partial charge in [0.15, 0.2) is 25.8 Å². The van der Waals surface area contributed by atoms with Crippen LogP contribution in [0.2, 0.25) is 0 Å². The molecule has 1 heterocycles. The quantitative estimate of drug-likeness (QED) is 0.512. The number of benzene rings is 2. The number of hydrogen-bond donors (Lipinski definition) is 0. The van der Waals surface area contributed by atoms with Gasteiger partial charge < -0.3 is 14.5 Å². The summed E-state index contributed by atoms with van der Waals surface area (Å²) in [5.41, 5.74) is 0.0262. The molecule has 35 heavy (non-hydrogen) atoms. The number of rotatable bonds is 8. The van der Waals surface area contributed by atoms with E-state index >= 15 is 0 Å². The molecule has 1 amide bonds. The molecule has 0 spiro atoms. The van der Waals surface area contributed by atoms with Crippen LogP contribution in [0, 0.1) is 5.82 Å². The van der Waals surface area contributed by atoms with Crippen LogP contribution in [0.5, 0.6) is 5.75 Å². The van der Waals surface area contributed by atoms with E-state index in [-0.39, 0.29) is 53.0 Å². The molecule has 1 saturated heterocycles. The van der Waals surface area contributed by atoms with Crippen LogP contribution in [-0.4, -0.2) is 85.8 Å². The number of halogens is 3. The Labute approximate surface area is 202 Å². The van der Waals surface area contributed by atoms with Gasteiger partial charge in [0.2, 0.25) is 0 Å². The summed E-state index contributed by atoms with van der Waals surface area (Å²) in [6.45, 7) is -1.60. The number of ether oxygens (including phenoxy) is 1. The van der Waals surface area contributed by atoms with Crippen molar-refractivity contribution in [2.24, 2.45) is 0 Å². The number of nitrogens with zero attached hydrogens (tertiary/aromatic N) is 2. The van der Waals surface area contributed by atoms with E-state index in [0.717, 1.165) is 24.6 Å². The van der Waals surface area contributed by atoms with Crippen LogP contribution in [0.4, 0.5) is 18.9 Å². The van der Waals surface area contributed by atoms with Crippen molar-refractivity contribution in [1.29, 1.82) is 0 Å². The van der Waals surface area contributed by atoms with E-state index in [1.165, 1.54) is 29.2 Å². The van der Waals surface area contributed by atoms with Crippen LogP contribution in [-0.2, 0) is 19.7 Å². The molecule has 0 N–H and O–H groups in total. The lowest BCUT2D eigenvalue weighted by molar-refractivity contribution is 0.0732. The minimum atomic E-state index is -3.68. The maximum absolute atomic E-state index is 14.6. The van der Waals surface area contributed by atoms with Gasteiger partial charge in [0, 0.05) is 38.7 Å². The fourth-order valence-electron chi connectivity index (χ4n) is 3.59. The molecule has 0 saturated carbocycles. The van der Waals surface area contributed by atoms with Crippen molar-refractivity contribution in [2.75, 3.05) is 56.9 Å². The summed E-state index contributed by atoms with van der Waals surface area (Å²) >= 11 is 0. The first-order chi connectivity index (χ1) is 16.3. The van der Waals surface area contributed by atoms with E-state index in [1.54, 1.807) is 4.90 Å². The Morgan fingerprint density at radius 3 is 1.97 bits per heavy atom. The summed E-state index contributed by atoms with van der Waals surface area (Å²) in [6.07, 6.45) is 0.498. The second-order valence-electron chi connectivity index (χ2n) is 8.14. The van der Waals surface area contributed by atoms with Crippen molar-refractivity contribution in [3.8, 4) is 5.75 Å². The number of alkyl halides is 2. The molecule has 1 aliphatic heterocycles. The Kier molecular flexibility index (Phi) is 8.00. The number of anilines is 1. The molecule has 1 fully saturated rings. The van der Waals surface area contributed by atoms with Crippen molar-refractivity contribution in [1.82, 2.24) is 4.90 Å². The van der Waals surface area contributed by atoms with Gasteiger partial charge in [-0.25, -0.2) is 30.0 Å². The summed E-state index contributed by atoms with van der Waals surface area (Å²) in [6, 6.07) is 7.09. The minimum Gasteiger partial charge on any atom is -0.484 e. The molecule has 0 atom stereocenters. The first-order valence-electron chi connectivity index (χ1n) is 10.5. The Hall–Kier alpha value is -2.80. The molecule has 3 rings (SSSR count). The van der Waals surface area contributed by atoms with Gasteiger partial charge in [-0.1, -0.05) is 0 Å². The Bertz CT molecular complexity index is 1310. The number of carbonyl (C=O) groups is 1. The smallest absolute Gasteiger partial charge is 0.257 e. The zero-order valence-corrected chi connectivity index (χ0v) is 20.7. The number of piperazine rings is 1. The highest BCUT2D eigenvalue weighted by atomic mass is 32.2. The van der Waals surface area contributed by atoms with E-state index in [1.807, 2.05) is 0 Å². The summed E-state index contributed by atoms with van der Waals surface area (Å²) in [7, 11) is -7.24. The summed E-state index contributed by atoms with van der Waals surface area (Å²) in [5.74, 6) is -1.46. The number of amides is 1. The van der Waals surface area contributed by atoms with Crippen molar-refractivity contribution < 1.29 is 39.5 Å². The normalized spacial score (nSPS) is 14.9. The maximum Gasteiger partial charge on any atom is 0.257 e. The average molecular weight is 535 g/mol. The van der Waals surface area contributed by atoms with Crippen LogP contribution in [0.15, 0.2) is 46.2 Å². The second-order valence-corrected chi connectivity index (χ2v) is 12.2. The molecule has 8 nitrogen and oxygen atoms in total. The lowest BCUT2D eigenvalue weighted by Crippen LogP contribution is -2.49. The Morgan fingerprint density at radius 1 is 0.914 bits per heavy atom. The predicted molar refractivity (Wildman–Crippen MR) is 124 cm³/mol. The largest absolute Gasteiger partial charge is 0.484 e. The fourth-order valence-corrected chi connectivity index (χ4v) is 4.87. The SMILES string of the molecule is CS(=O)(=O)c1ccc(N2CCN(C(=O)c3cc(S(C)(=O)=O)ccc3OC(CF)CF)CC2)c(F)c1. The van der Waals surface area contributed by atoms with E-state index in [0.29, 0.717) is 0 Å². The van der Waals surface area contributed by atoms with E-state index in [4.69, 9.17) is 4.74 Å². The molecular weight excluding hydrogens is 509 g/mol. The van der Waals surface area contributed by atoms with Crippen molar-refractivity contribution in [2.45, 2.75) is 15.9 Å². The Morgan fingerprint density at radius 2 is 1.46 bits per heavy atom. The number of sulfone groups is 2.